The van der Waals surface area contributed by atoms with Gasteiger partial charge in [0.15, 0.2) is 70.5 Å². The second-order valence-corrected chi connectivity index (χ2v) is 46.0. The molecular formula is C52H99NO19Si4. The highest BCUT2D eigenvalue weighted by atomic mass is 28.4. The van der Waals surface area contributed by atoms with Crippen LogP contribution in [0.25, 0.3) is 0 Å². The van der Waals surface area contributed by atoms with Crippen molar-refractivity contribution in [1.29, 1.82) is 0 Å². The molecule has 3 heterocycles. The molecule has 3 aliphatic heterocycles. The van der Waals surface area contributed by atoms with Crippen molar-refractivity contribution in [2.45, 2.75) is 289 Å². The van der Waals surface area contributed by atoms with Gasteiger partial charge in [0, 0.05) is 34.6 Å². The molecule has 15 atom stereocenters. The van der Waals surface area contributed by atoms with Crippen LogP contribution in [-0.4, -0.2) is 173 Å². The summed E-state index contributed by atoms with van der Waals surface area (Å²) < 4.78 is 85.5. The first-order valence-corrected chi connectivity index (χ1v) is 38.3. The van der Waals surface area contributed by atoms with Crippen LogP contribution in [0, 0.1) is 0 Å². The molecule has 0 aromatic heterocycles. The quantitative estimate of drug-likeness (QED) is 0.0708. The van der Waals surface area contributed by atoms with Crippen molar-refractivity contribution in [3.63, 3.8) is 0 Å². The van der Waals surface area contributed by atoms with Gasteiger partial charge in [0.25, 0.3) is 0 Å². The van der Waals surface area contributed by atoms with E-state index in [-0.39, 0.29) is 26.8 Å². The monoisotopic (exact) mass is 1150 g/mol. The van der Waals surface area contributed by atoms with Crippen molar-refractivity contribution >= 4 is 63.1 Å². The fraction of sp³-hybridized carbons (Fsp3) is 0.904. The topological polar surface area (TPSA) is 238 Å². The van der Waals surface area contributed by atoms with Gasteiger partial charge in [-0.1, -0.05) is 83.1 Å². The van der Waals surface area contributed by atoms with Crippen LogP contribution in [0.2, 0.25) is 72.5 Å². The van der Waals surface area contributed by atoms with Gasteiger partial charge in [-0.2, -0.15) is 0 Å². The molecule has 2 N–H and O–H groups in total. The molecule has 76 heavy (non-hydrogen) atoms. The molecular weight excluding hydrogens is 1050 g/mol. The van der Waals surface area contributed by atoms with E-state index < -0.39 is 162 Å². The minimum Gasteiger partial charge on any atom is -0.463 e. The first-order chi connectivity index (χ1) is 34.1. The summed E-state index contributed by atoms with van der Waals surface area (Å²) in [5.41, 5.74) is 0. The third-order valence-electron chi connectivity index (χ3n) is 16.4. The smallest absolute Gasteiger partial charge is 0.303 e. The maximum Gasteiger partial charge on any atom is 0.303 e. The number of rotatable bonds is 19. The molecule has 0 radical (unpaired) electrons. The molecule has 0 bridgehead atoms. The van der Waals surface area contributed by atoms with Gasteiger partial charge >= 0.3 is 23.9 Å². The van der Waals surface area contributed by atoms with E-state index in [4.69, 9.17) is 60.3 Å². The minimum atomic E-state index is -2.73. The molecule has 0 aliphatic carbocycles. The van der Waals surface area contributed by atoms with E-state index in [1.54, 1.807) is 0 Å². The summed E-state index contributed by atoms with van der Waals surface area (Å²) in [6.07, 6.45) is -17.8. The number of aliphatic hydroxyl groups is 1. The van der Waals surface area contributed by atoms with Crippen LogP contribution in [0.15, 0.2) is 0 Å². The molecule has 3 aliphatic rings. The average Bonchev–Trinajstić information content (AvgIpc) is 3.21. The zero-order valence-electron chi connectivity index (χ0n) is 50.9. The standard InChI is InChI=1S/C52H99NO19Si4/c1-29-39(70-74(21,22)50(10,11)12)43(71-75(23,24)51(13,14)15)45(72-76(25,26)52(16,17)18)48(62-29)69-46-37(53-30(2)54)38(59)40(36(66-46)28-61-73(19,20)49(7,8)9)68-47-44(65-34(6)58)42(64-33(5)57)41(63-32(4)56)35(67-47)27-60-31(3)55/h29,35-48,59H,27-28H2,1-26H3,(H,53,54)/t29-,35+,36+,37+,38+,39+,40+,41-,42-,43+,44+,45-,46-,47-,48-/m0/s1. The van der Waals surface area contributed by atoms with Gasteiger partial charge in [0.1, 0.15) is 49.3 Å². The van der Waals surface area contributed by atoms with E-state index in [1.807, 2.05) is 20.0 Å². The summed E-state index contributed by atoms with van der Waals surface area (Å²) in [5, 5.41) is 14.7. The van der Waals surface area contributed by atoms with Crippen LogP contribution in [0.5, 0.6) is 0 Å². The van der Waals surface area contributed by atoms with Crippen molar-refractivity contribution in [3.05, 3.63) is 0 Å². The number of carbonyl (C=O) groups excluding carboxylic acids is 5. The van der Waals surface area contributed by atoms with Gasteiger partial charge < -0.3 is 70.8 Å². The maximum absolute atomic E-state index is 13.3. The predicted octanol–water partition coefficient (Wildman–Crippen LogP) is 8.00. The number of hydrogen-bond donors (Lipinski definition) is 2. The van der Waals surface area contributed by atoms with E-state index in [0.717, 1.165) is 27.7 Å². The summed E-state index contributed by atoms with van der Waals surface area (Å²) in [7, 11) is -10.5. The Bertz CT molecular complexity index is 1990. The molecule has 0 aromatic carbocycles. The summed E-state index contributed by atoms with van der Waals surface area (Å²) in [5.74, 6) is -3.78. The molecule has 20 nitrogen and oxygen atoms in total. The van der Waals surface area contributed by atoms with Crippen molar-refractivity contribution in [2.24, 2.45) is 0 Å². The molecule has 3 rings (SSSR count). The van der Waals surface area contributed by atoms with Gasteiger partial charge in [-0.05, 0) is 79.5 Å². The van der Waals surface area contributed by atoms with Gasteiger partial charge in [-0.15, -0.1) is 0 Å². The lowest BCUT2D eigenvalue weighted by molar-refractivity contribution is -0.375. The molecule has 3 fully saturated rings. The Morgan fingerprint density at radius 3 is 1.29 bits per heavy atom. The molecule has 3 saturated heterocycles. The van der Waals surface area contributed by atoms with Crippen LogP contribution in [0.3, 0.4) is 0 Å². The van der Waals surface area contributed by atoms with Crippen LogP contribution in [-0.2, 0) is 84.3 Å². The van der Waals surface area contributed by atoms with E-state index >= 15 is 0 Å². The van der Waals surface area contributed by atoms with Crippen molar-refractivity contribution in [2.75, 3.05) is 13.2 Å². The molecule has 0 unspecified atom stereocenters. The second kappa shape index (κ2) is 25.3. The summed E-state index contributed by atoms with van der Waals surface area (Å²) in [6.45, 7) is 49.8. The fourth-order valence-electron chi connectivity index (χ4n) is 7.87. The number of amides is 1. The van der Waals surface area contributed by atoms with Crippen LogP contribution in [0.1, 0.15) is 125 Å². The highest BCUT2D eigenvalue weighted by molar-refractivity contribution is 6.75. The SMILES string of the molecule is CC(=O)N[C@H]1[C@H](O[C@@H]2O[C@@H](C)[C@@H](O[Si](C)(C)C(C)(C)C)[C@@H](O[Si](C)(C)C(C)(C)C)[C@@H]2O[Si](C)(C)C(C)(C)C)O[C@H](CO[Si](C)(C)C(C)(C)C)[C@@H](O[C@@H]2O[C@H](COC(C)=O)[C@H](OC(C)=O)[C@H](OC(C)=O)[C@H]2OC(C)=O)[C@@H]1O. The van der Waals surface area contributed by atoms with Crippen LogP contribution < -0.4 is 5.32 Å². The van der Waals surface area contributed by atoms with E-state index in [0.29, 0.717) is 0 Å². The lowest BCUT2D eigenvalue weighted by Gasteiger charge is -2.55. The highest BCUT2D eigenvalue weighted by Crippen LogP contribution is 2.47. The Morgan fingerprint density at radius 2 is 0.855 bits per heavy atom. The minimum absolute atomic E-state index is 0.176. The Kier molecular flexibility index (Phi) is 22.7. The predicted molar refractivity (Wildman–Crippen MR) is 294 cm³/mol. The van der Waals surface area contributed by atoms with E-state index in [2.05, 4.69) is 128 Å². The maximum atomic E-state index is 13.3. The zero-order chi connectivity index (χ0) is 58.9. The molecule has 0 aromatic rings. The van der Waals surface area contributed by atoms with Crippen molar-refractivity contribution in [1.82, 2.24) is 5.32 Å². The summed E-state index contributed by atoms with van der Waals surface area (Å²) in [4.78, 5) is 63.7. The van der Waals surface area contributed by atoms with E-state index in [9.17, 15) is 29.1 Å². The summed E-state index contributed by atoms with van der Waals surface area (Å²) >= 11 is 0. The number of carbonyl (C=O) groups is 5. The third-order valence-corrected chi connectivity index (χ3v) is 34.3. The Labute approximate surface area is 458 Å². The fourth-order valence-corrected chi connectivity index (χ4v) is 12.8. The third kappa shape index (κ3) is 17.4. The molecule has 1 amide bonds. The summed E-state index contributed by atoms with van der Waals surface area (Å²) in [6, 6.07) is -1.40. The normalized spacial score (nSPS) is 31.5. The molecule has 24 heteroatoms. The van der Waals surface area contributed by atoms with Gasteiger partial charge in [-0.3, -0.25) is 24.0 Å². The van der Waals surface area contributed by atoms with Gasteiger partial charge in [0.2, 0.25) is 5.91 Å². The van der Waals surface area contributed by atoms with Crippen molar-refractivity contribution < 1.29 is 89.4 Å². The van der Waals surface area contributed by atoms with Gasteiger partial charge in [0.05, 0.1) is 18.8 Å². The lowest BCUT2D eigenvalue weighted by Crippen LogP contribution is -2.71. The van der Waals surface area contributed by atoms with Crippen LogP contribution >= 0.6 is 0 Å². The number of aliphatic hydroxyl groups excluding tert-OH is 1. The van der Waals surface area contributed by atoms with Crippen molar-refractivity contribution in [3.8, 4) is 0 Å². The Hall–Kier alpha value is -2.18. The second-order valence-electron chi connectivity index (χ2n) is 26.9. The lowest BCUT2D eigenvalue weighted by atomic mass is 9.95. The highest BCUT2D eigenvalue weighted by Gasteiger charge is 2.60. The van der Waals surface area contributed by atoms with Crippen LogP contribution in [0.4, 0.5) is 0 Å². The first-order valence-electron chi connectivity index (χ1n) is 26.7. The number of hydrogen-bond acceptors (Lipinski definition) is 19. The largest absolute Gasteiger partial charge is 0.463 e. The number of ether oxygens (including phenoxy) is 9. The van der Waals surface area contributed by atoms with E-state index in [1.165, 1.54) is 6.92 Å². The van der Waals surface area contributed by atoms with Gasteiger partial charge in [-0.25, -0.2) is 0 Å². The molecule has 442 valence electrons. The zero-order valence-corrected chi connectivity index (χ0v) is 54.9. The number of nitrogens with one attached hydrogen (secondary N) is 1. The first kappa shape index (κ1) is 68.1. The Balaban J connectivity index is 2.36. The average molecular weight is 1150 g/mol. The Morgan fingerprint density at radius 1 is 0.461 bits per heavy atom. The molecule has 0 spiro atoms. The number of esters is 4. The molecule has 0 saturated carbocycles.